The molecule has 0 spiro atoms. The van der Waals surface area contributed by atoms with Gasteiger partial charge in [0.05, 0.1) is 7.74 Å². The van der Waals surface area contributed by atoms with E-state index in [2.05, 4.69) is 45.5 Å². The zero-order valence-electron chi connectivity index (χ0n) is 7.89. The Hall–Kier alpha value is 0.115. The van der Waals surface area contributed by atoms with Crippen molar-refractivity contribution in [3.63, 3.8) is 0 Å². The van der Waals surface area contributed by atoms with Crippen molar-refractivity contribution >= 4 is 21.9 Å². The lowest BCUT2D eigenvalue weighted by atomic mass is 9.34. The Labute approximate surface area is 66.7 Å². The van der Waals surface area contributed by atoms with Gasteiger partial charge in [-0.2, -0.15) is 0 Å². The van der Waals surface area contributed by atoms with Gasteiger partial charge < -0.3 is 9.62 Å². The number of rotatable bonds is 4. The third-order valence-electron chi connectivity index (χ3n) is 1.88. The van der Waals surface area contributed by atoms with Crippen molar-refractivity contribution in [2.24, 2.45) is 0 Å². The lowest BCUT2D eigenvalue weighted by Crippen LogP contribution is -2.37. The van der Waals surface area contributed by atoms with Gasteiger partial charge >= 0.3 is 0 Å². The Morgan fingerprint density at radius 1 is 1.30 bits per heavy atom. The molecule has 0 rings (SSSR count). The molecule has 0 bridgehead atoms. The molecule has 5 heteroatoms. The fourth-order valence-electron chi connectivity index (χ4n) is 0.703. The third kappa shape index (κ3) is 4.94. The molecule has 0 aliphatic carbocycles. The molecular formula is C5H17B3N2. The predicted molar refractivity (Wildman–Crippen MR) is 53.6 cm³/mol. The zero-order chi connectivity index (χ0) is 8.15. The van der Waals surface area contributed by atoms with Crippen LogP contribution in [-0.4, -0.2) is 59.7 Å². The molecule has 0 radical (unpaired) electrons. The van der Waals surface area contributed by atoms with Crippen LogP contribution in [0.3, 0.4) is 0 Å². The van der Waals surface area contributed by atoms with Gasteiger partial charge in [0.1, 0.15) is 0 Å². The summed E-state index contributed by atoms with van der Waals surface area (Å²) in [5.74, 6) is 0. The lowest BCUT2D eigenvalue weighted by molar-refractivity contribution is 0.644. The molecule has 0 aliphatic rings. The van der Waals surface area contributed by atoms with E-state index in [0.717, 1.165) is 0 Å². The summed E-state index contributed by atoms with van der Waals surface area (Å²) in [4.78, 5) is 4.48. The first-order chi connectivity index (χ1) is 4.54. The van der Waals surface area contributed by atoms with E-state index in [1.54, 1.807) is 0 Å². The smallest absolute Gasteiger partial charge is 0.197 e. The molecule has 2 nitrogen and oxygen atoms in total. The van der Waals surface area contributed by atoms with E-state index >= 15 is 0 Å². The Balaban J connectivity index is 3.30. The fourth-order valence-corrected chi connectivity index (χ4v) is 0.703. The van der Waals surface area contributed by atoms with E-state index < -0.39 is 0 Å². The molecule has 0 aromatic carbocycles. The Kier molecular flexibility index (Phi) is 4.91. The number of hydrogen-bond donors (Lipinski definition) is 0. The van der Waals surface area contributed by atoms with Gasteiger partial charge in [-0.05, 0) is 28.2 Å². The second-order valence-electron chi connectivity index (χ2n) is 3.40. The van der Waals surface area contributed by atoms with Crippen LogP contribution in [0, 0.1) is 0 Å². The highest BCUT2D eigenvalue weighted by Gasteiger charge is 2.09. The van der Waals surface area contributed by atoms with Crippen LogP contribution in [0.2, 0.25) is 6.22 Å². The van der Waals surface area contributed by atoms with E-state index in [4.69, 9.17) is 0 Å². The first-order valence-corrected chi connectivity index (χ1v) is 3.85. The Bertz CT molecular complexity index is 87.0. The highest BCUT2D eigenvalue weighted by molar-refractivity contribution is 7.04. The van der Waals surface area contributed by atoms with Gasteiger partial charge in [-0.25, -0.2) is 0 Å². The molecule has 0 saturated carbocycles. The van der Waals surface area contributed by atoms with Crippen molar-refractivity contribution in [3.05, 3.63) is 0 Å². The molecule has 0 unspecified atom stereocenters. The first kappa shape index (κ1) is 10.1. The molecule has 0 aromatic rings. The third-order valence-corrected chi connectivity index (χ3v) is 1.88. The maximum atomic E-state index is 2.25. The van der Waals surface area contributed by atoms with E-state index in [9.17, 15) is 0 Å². The highest BCUT2D eigenvalue weighted by Crippen LogP contribution is 1.89. The van der Waals surface area contributed by atoms with Gasteiger partial charge in [-0.15, -0.1) is 0 Å². The summed E-state index contributed by atoms with van der Waals surface area (Å²) in [6.07, 6.45) is 1.25. The summed E-state index contributed by atoms with van der Waals surface area (Å²) in [6.45, 7) is 0.697. The van der Waals surface area contributed by atoms with Crippen molar-refractivity contribution in [2.75, 3.05) is 28.2 Å². The van der Waals surface area contributed by atoms with Crippen LogP contribution in [-0.2, 0) is 0 Å². The average molecular weight is 138 g/mol. The molecule has 56 valence electrons. The molecule has 0 N–H and O–H groups in total. The van der Waals surface area contributed by atoms with Gasteiger partial charge in [0.15, 0.2) is 14.2 Å². The van der Waals surface area contributed by atoms with Crippen LogP contribution in [0.15, 0.2) is 0 Å². The van der Waals surface area contributed by atoms with Gasteiger partial charge in [0.25, 0.3) is 0 Å². The maximum absolute atomic E-state index is 2.25. The van der Waals surface area contributed by atoms with Gasteiger partial charge in [0, 0.05) is 0 Å². The minimum Gasteiger partial charge on any atom is -0.355 e. The molecule has 0 aliphatic heterocycles. The molecule has 0 atom stereocenters. The van der Waals surface area contributed by atoms with Crippen LogP contribution >= 0.6 is 0 Å². The Morgan fingerprint density at radius 3 is 2.10 bits per heavy atom. The number of hydrogen-bond acceptors (Lipinski definition) is 2. The average Bonchev–Trinajstić information content (AvgIpc) is 1.82. The standard InChI is InChI=1S/C5H17B3N2/c1-9(2)7-5-8(6)10(3)4/h7H,5-6H2,1-4H3. The maximum Gasteiger partial charge on any atom is 0.197 e. The molecule has 0 heterocycles. The largest absolute Gasteiger partial charge is 0.355 e. The minimum atomic E-state index is 0.697. The summed E-state index contributed by atoms with van der Waals surface area (Å²) in [7, 11) is 11.9. The summed E-state index contributed by atoms with van der Waals surface area (Å²) < 4.78 is 0. The molecular weight excluding hydrogens is 121 g/mol. The van der Waals surface area contributed by atoms with Crippen LogP contribution in [0.25, 0.3) is 0 Å². The SMILES string of the molecule is BB(CBN(C)C)N(C)C. The monoisotopic (exact) mass is 138 g/mol. The van der Waals surface area contributed by atoms with Crippen LogP contribution < -0.4 is 0 Å². The fraction of sp³-hybridized carbons (Fsp3) is 1.00. The summed E-state index contributed by atoms with van der Waals surface area (Å²) in [5, 5.41) is 0. The van der Waals surface area contributed by atoms with Crippen LogP contribution in [0.1, 0.15) is 0 Å². The van der Waals surface area contributed by atoms with Crippen LogP contribution in [0.4, 0.5) is 0 Å². The summed E-state index contributed by atoms with van der Waals surface area (Å²) in [5.41, 5.74) is 0. The van der Waals surface area contributed by atoms with E-state index in [-0.39, 0.29) is 0 Å². The second-order valence-corrected chi connectivity index (χ2v) is 3.40. The van der Waals surface area contributed by atoms with Crippen LogP contribution in [0.5, 0.6) is 0 Å². The lowest BCUT2D eigenvalue weighted by Gasteiger charge is -2.17. The molecule has 0 aromatic heterocycles. The van der Waals surface area contributed by atoms with Crippen molar-refractivity contribution in [2.45, 2.75) is 6.22 Å². The molecule has 0 saturated heterocycles. The van der Waals surface area contributed by atoms with Gasteiger partial charge in [0.2, 0.25) is 0 Å². The number of nitrogens with zero attached hydrogens (tertiary/aromatic N) is 2. The first-order valence-electron chi connectivity index (χ1n) is 3.85. The summed E-state index contributed by atoms with van der Waals surface area (Å²) in [6, 6.07) is 0. The molecule has 0 amide bonds. The quantitative estimate of drug-likeness (QED) is 0.437. The molecule has 10 heavy (non-hydrogen) atoms. The normalized spacial score (nSPS) is 10.6. The highest BCUT2D eigenvalue weighted by atomic mass is 15.0. The predicted octanol–water partition coefficient (Wildman–Crippen LogP) is -1.46. The topological polar surface area (TPSA) is 6.48 Å². The van der Waals surface area contributed by atoms with Gasteiger partial charge in [-0.1, -0.05) is 6.22 Å². The van der Waals surface area contributed by atoms with Crippen molar-refractivity contribution in [1.29, 1.82) is 0 Å². The van der Waals surface area contributed by atoms with E-state index in [1.807, 2.05) is 0 Å². The van der Waals surface area contributed by atoms with Crippen molar-refractivity contribution in [3.8, 4) is 0 Å². The van der Waals surface area contributed by atoms with Crippen molar-refractivity contribution in [1.82, 2.24) is 9.62 Å². The minimum absolute atomic E-state index is 0.697. The van der Waals surface area contributed by atoms with Gasteiger partial charge in [-0.3, -0.25) is 0 Å². The second kappa shape index (κ2) is 4.86. The Morgan fingerprint density at radius 2 is 1.80 bits per heavy atom. The van der Waals surface area contributed by atoms with Crippen molar-refractivity contribution < 1.29 is 0 Å². The van der Waals surface area contributed by atoms with E-state index in [0.29, 0.717) is 6.74 Å². The molecule has 0 fully saturated rings. The zero-order valence-corrected chi connectivity index (χ0v) is 7.89. The summed E-state index contributed by atoms with van der Waals surface area (Å²) >= 11 is 0. The van der Waals surface area contributed by atoms with E-state index in [1.165, 1.54) is 13.6 Å².